The average Bonchev–Trinajstić information content (AvgIpc) is 2.84. The van der Waals surface area contributed by atoms with E-state index >= 15 is 0 Å². The molecule has 0 aliphatic rings. The summed E-state index contributed by atoms with van der Waals surface area (Å²) in [6, 6.07) is 14.1. The molecule has 0 spiro atoms. The summed E-state index contributed by atoms with van der Waals surface area (Å²) in [4.78, 5) is 27.9. The Labute approximate surface area is 222 Å². The monoisotopic (exact) mass is 531 g/mol. The molecular formula is C28H41N3O5S. The van der Waals surface area contributed by atoms with Crippen molar-refractivity contribution >= 4 is 27.5 Å². The lowest BCUT2D eigenvalue weighted by molar-refractivity contribution is -0.140. The third-order valence-electron chi connectivity index (χ3n) is 6.04. The Bertz CT molecular complexity index is 1150. The molecule has 0 aromatic heterocycles. The fourth-order valence-corrected chi connectivity index (χ4v) is 4.90. The molecule has 8 nitrogen and oxygen atoms in total. The predicted molar refractivity (Wildman–Crippen MR) is 148 cm³/mol. The second-order valence-corrected chi connectivity index (χ2v) is 11.5. The number of nitrogens with zero attached hydrogens (tertiary/aromatic N) is 2. The lowest BCUT2D eigenvalue weighted by Crippen LogP contribution is -2.48. The molecule has 0 unspecified atom stereocenters. The first-order valence-electron chi connectivity index (χ1n) is 12.8. The van der Waals surface area contributed by atoms with Gasteiger partial charge in [-0.15, -0.1) is 0 Å². The van der Waals surface area contributed by atoms with Crippen LogP contribution in [0.3, 0.4) is 0 Å². The van der Waals surface area contributed by atoms with Crippen LogP contribution in [0, 0.1) is 12.8 Å². The van der Waals surface area contributed by atoms with E-state index in [0.717, 1.165) is 17.4 Å². The van der Waals surface area contributed by atoms with Crippen LogP contribution in [-0.4, -0.2) is 57.1 Å². The molecule has 1 atom stereocenters. The van der Waals surface area contributed by atoms with Crippen LogP contribution < -0.4 is 14.4 Å². The normalized spacial score (nSPS) is 12.2. The van der Waals surface area contributed by atoms with Gasteiger partial charge in [-0.1, -0.05) is 50.2 Å². The number of carbonyl (C=O) groups is 2. The summed E-state index contributed by atoms with van der Waals surface area (Å²) in [6.45, 7) is 10.9. The molecule has 2 rings (SSSR count). The molecule has 1 N–H and O–H groups in total. The van der Waals surface area contributed by atoms with Gasteiger partial charge in [0.05, 0.1) is 18.6 Å². The molecule has 0 radical (unpaired) electrons. The Morgan fingerprint density at radius 2 is 1.68 bits per heavy atom. The molecule has 0 saturated heterocycles. The highest BCUT2D eigenvalue weighted by Crippen LogP contribution is 2.30. The average molecular weight is 532 g/mol. The zero-order valence-corrected chi connectivity index (χ0v) is 23.7. The van der Waals surface area contributed by atoms with Crippen LogP contribution in [0.5, 0.6) is 5.75 Å². The van der Waals surface area contributed by atoms with Crippen LogP contribution in [0.15, 0.2) is 48.5 Å². The first kappa shape index (κ1) is 30.2. The van der Waals surface area contributed by atoms with Crippen LogP contribution in [0.2, 0.25) is 0 Å². The third kappa shape index (κ3) is 9.07. The topological polar surface area (TPSA) is 96.0 Å². The standard InChI is InChI=1S/C28H41N3O5S/c1-7-36-26-16-11-10-15-25(26)31(37(6,34)35)18-12-17-27(32)30(20-24-14-9-8-13-22(24)4)23(5)28(33)29-19-21(2)3/h8-11,13-16,21,23H,7,12,17-20H2,1-6H3,(H,29,33)/t23-/m0/s1. The Hall–Kier alpha value is -3.07. The van der Waals surface area contributed by atoms with Gasteiger partial charge in [0.25, 0.3) is 0 Å². The number of sulfonamides is 1. The van der Waals surface area contributed by atoms with Crippen molar-refractivity contribution < 1.29 is 22.7 Å². The molecule has 2 amide bonds. The van der Waals surface area contributed by atoms with E-state index in [9.17, 15) is 18.0 Å². The van der Waals surface area contributed by atoms with Crippen molar-refractivity contribution in [2.24, 2.45) is 5.92 Å². The van der Waals surface area contributed by atoms with Gasteiger partial charge in [0, 0.05) is 26.1 Å². The summed E-state index contributed by atoms with van der Waals surface area (Å²) >= 11 is 0. The summed E-state index contributed by atoms with van der Waals surface area (Å²) in [5, 5.41) is 2.92. The highest BCUT2D eigenvalue weighted by atomic mass is 32.2. The van der Waals surface area contributed by atoms with Gasteiger partial charge in [-0.05, 0) is 56.4 Å². The molecule has 2 aromatic rings. The number of para-hydroxylation sites is 2. The van der Waals surface area contributed by atoms with Crippen LogP contribution in [-0.2, 0) is 26.2 Å². The fourth-order valence-electron chi connectivity index (χ4n) is 3.93. The minimum Gasteiger partial charge on any atom is -0.492 e. The van der Waals surface area contributed by atoms with Gasteiger partial charge < -0.3 is 15.0 Å². The number of carbonyl (C=O) groups excluding carboxylic acids is 2. The SMILES string of the molecule is CCOc1ccccc1N(CCCC(=O)N(Cc1ccccc1C)[C@@H](C)C(=O)NCC(C)C)S(C)(=O)=O. The number of hydrogen-bond acceptors (Lipinski definition) is 5. The highest BCUT2D eigenvalue weighted by Gasteiger charge is 2.27. The summed E-state index contributed by atoms with van der Waals surface area (Å²) in [5.74, 6) is 0.345. The van der Waals surface area contributed by atoms with Crippen LogP contribution in [0.1, 0.15) is 51.7 Å². The van der Waals surface area contributed by atoms with Crippen molar-refractivity contribution in [1.82, 2.24) is 10.2 Å². The molecule has 0 saturated carbocycles. The van der Waals surface area contributed by atoms with Gasteiger partial charge >= 0.3 is 0 Å². The van der Waals surface area contributed by atoms with Crippen LogP contribution >= 0.6 is 0 Å². The second kappa shape index (κ2) is 14.0. The van der Waals surface area contributed by atoms with Crippen molar-refractivity contribution in [3.63, 3.8) is 0 Å². The third-order valence-corrected chi connectivity index (χ3v) is 7.22. The maximum absolute atomic E-state index is 13.4. The second-order valence-electron chi connectivity index (χ2n) is 9.60. The molecule has 0 bridgehead atoms. The van der Waals surface area contributed by atoms with Crippen molar-refractivity contribution in [1.29, 1.82) is 0 Å². The van der Waals surface area contributed by atoms with E-state index in [1.165, 1.54) is 4.31 Å². The molecule has 2 aromatic carbocycles. The van der Waals surface area contributed by atoms with Gasteiger partial charge in [0.15, 0.2) is 0 Å². The number of anilines is 1. The summed E-state index contributed by atoms with van der Waals surface area (Å²) < 4.78 is 32.1. The highest BCUT2D eigenvalue weighted by molar-refractivity contribution is 7.92. The van der Waals surface area contributed by atoms with Crippen molar-refractivity contribution in [3.05, 3.63) is 59.7 Å². The Morgan fingerprint density at radius 1 is 1.03 bits per heavy atom. The number of nitrogens with one attached hydrogen (secondary N) is 1. The number of amides is 2. The Morgan fingerprint density at radius 3 is 2.30 bits per heavy atom. The van der Waals surface area contributed by atoms with E-state index in [1.807, 2.05) is 52.0 Å². The van der Waals surface area contributed by atoms with Crippen molar-refractivity contribution in [3.8, 4) is 5.75 Å². The molecule has 9 heteroatoms. The van der Waals surface area contributed by atoms with Crippen molar-refractivity contribution in [2.45, 2.75) is 60.0 Å². The van der Waals surface area contributed by atoms with E-state index in [-0.39, 0.29) is 31.2 Å². The van der Waals surface area contributed by atoms with E-state index in [4.69, 9.17) is 4.74 Å². The Kier molecular flexibility index (Phi) is 11.4. The van der Waals surface area contributed by atoms with Crippen LogP contribution in [0.25, 0.3) is 0 Å². The molecule has 0 heterocycles. The van der Waals surface area contributed by atoms with Crippen molar-refractivity contribution in [2.75, 3.05) is 30.3 Å². The van der Waals surface area contributed by atoms with Gasteiger partial charge in [-0.25, -0.2) is 8.42 Å². The van der Waals surface area contributed by atoms with E-state index < -0.39 is 16.1 Å². The molecule has 0 aliphatic carbocycles. The number of ether oxygens (including phenoxy) is 1. The minimum atomic E-state index is -3.61. The fraction of sp³-hybridized carbons (Fsp3) is 0.500. The quantitative estimate of drug-likeness (QED) is 0.396. The number of aryl methyl sites for hydroxylation is 1. The maximum Gasteiger partial charge on any atom is 0.242 e. The zero-order chi connectivity index (χ0) is 27.6. The minimum absolute atomic E-state index is 0.0938. The number of rotatable bonds is 14. The molecule has 204 valence electrons. The Balaban J connectivity index is 2.21. The molecule has 37 heavy (non-hydrogen) atoms. The zero-order valence-electron chi connectivity index (χ0n) is 22.9. The number of benzene rings is 2. The van der Waals surface area contributed by atoms with Gasteiger partial charge in [0.2, 0.25) is 21.8 Å². The summed E-state index contributed by atoms with van der Waals surface area (Å²) in [6.07, 6.45) is 1.52. The molecule has 0 aliphatic heterocycles. The van der Waals surface area contributed by atoms with Gasteiger partial charge in [-0.2, -0.15) is 0 Å². The summed E-state index contributed by atoms with van der Waals surface area (Å²) in [7, 11) is -3.61. The smallest absolute Gasteiger partial charge is 0.242 e. The van der Waals surface area contributed by atoms with Gasteiger partial charge in [0.1, 0.15) is 11.8 Å². The maximum atomic E-state index is 13.4. The molecule has 0 fully saturated rings. The first-order chi connectivity index (χ1) is 17.5. The lowest BCUT2D eigenvalue weighted by atomic mass is 10.1. The number of hydrogen-bond donors (Lipinski definition) is 1. The van der Waals surface area contributed by atoms with E-state index in [0.29, 0.717) is 37.1 Å². The predicted octanol–water partition coefficient (Wildman–Crippen LogP) is 4.13. The van der Waals surface area contributed by atoms with Gasteiger partial charge in [-0.3, -0.25) is 13.9 Å². The van der Waals surface area contributed by atoms with E-state index in [1.54, 1.807) is 36.1 Å². The molecular weight excluding hydrogens is 490 g/mol. The van der Waals surface area contributed by atoms with Crippen LogP contribution in [0.4, 0.5) is 5.69 Å². The first-order valence-corrected chi connectivity index (χ1v) is 14.6. The summed E-state index contributed by atoms with van der Waals surface area (Å²) in [5.41, 5.74) is 2.44. The lowest BCUT2D eigenvalue weighted by Gasteiger charge is -2.30. The van der Waals surface area contributed by atoms with E-state index in [2.05, 4.69) is 5.32 Å². The largest absolute Gasteiger partial charge is 0.492 e.